The highest BCUT2D eigenvalue weighted by Crippen LogP contribution is 2.41. The Balaban J connectivity index is 2.51. The second-order valence-electron chi connectivity index (χ2n) is 5.20. The summed E-state index contributed by atoms with van der Waals surface area (Å²) >= 11 is 0. The Morgan fingerprint density at radius 3 is 2.87 bits per heavy atom. The topological polar surface area (TPSA) is 64.1 Å². The Bertz CT molecular complexity index is 381. The lowest BCUT2D eigenvalue weighted by Gasteiger charge is -2.33. The fourth-order valence-electron chi connectivity index (χ4n) is 2.53. The molecule has 1 atom stereocenters. The fourth-order valence-corrected chi connectivity index (χ4v) is 2.53. The molecule has 3 N–H and O–H groups in total. The molecule has 1 unspecified atom stereocenters. The summed E-state index contributed by atoms with van der Waals surface area (Å²) in [6, 6.07) is 0. The maximum Gasteiger partial charge on any atom is 0.0831 e. The quantitative estimate of drug-likeness (QED) is 0.721. The molecule has 0 radical (unpaired) electrons. The molecule has 1 aromatic heterocycles. The van der Waals surface area contributed by atoms with Gasteiger partial charge in [0, 0.05) is 24.8 Å². The minimum absolute atomic E-state index is 0.145. The van der Waals surface area contributed by atoms with E-state index in [9.17, 15) is 5.11 Å². The van der Waals surface area contributed by atoms with Gasteiger partial charge in [-0.15, -0.1) is 0 Å². The molecule has 15 heavy (non-hydrogen) atoms. The second kappa shape index (κ2) is 3.32. The van der Waals surface area contributed by atoms with Gasteiger partial charge in [0.25, 0.3) is 0 Å². The zero-order valence-corrected chi connectivity index (χ0v) is 9.62. The summed E-state index contributed by atoms with van der Waals surface area (Å²) in [7, 11) is 1.92. The van der Waals surface area contributed by atoms with Crippen LogP contribution in [0.3, 0.4) is 0 Å². The highest BCUT2D eigenvalue weighted by molar-refractivity contribution is 5.32. The first-order chi connectivity index (χ1) is 6.94. The molecule has 2 rings (SSSR count). The Labute approximate surface area is 90.1 Å². The van der Waals surface area contributed by atoms with Crippen LogP contribution in [-0.2, 0) is 20.0 Å². The van der Waals surface area contributed by atoms with E-state index in [1.807, 2.05) is 11.7 Å². The number of nitrogens with zero attached hydrogens (tertiary/aromatic N) is 2. The first kappa shape index (κ1) is 10.6. The average molecular weight is 209 g/mol. The van der Waals surface area contributed by atoms with E-state index in [0.717, 1.165) is 29.8 Å². The predicted molar refractivity (Wildman–Crippen MR) is 58.2 cm³/mol. The number of aliphatic hydroxyl groups excluding tert-OH is 1. The summed E-state index contributed by atoms with van der Waals surface area (Å²) in [5.41, 5.74) is 8.73. The molecule has 4 heteroatoms. The zero-order valence-electron chi connectivity index (χ0n) is 9.62. The van der Waals surface area contributed by atoms with Crippen LogP contribution in [0.15, 0.2) is 0 Å². The van der Waals surface area contributed by atoms with Crippen LogP contribution < -0.4 is 5.73 Å². The van der Waals surface area contributed by atoms with Gasteiger partial charge in [-0.2, -0.15) is 5.10 Å². The van der Waals surface area contributed by atoms with Crippen LogP contribution in [0.2, 0.25) is 0 Å². The maximum atomic E-state index is 10.1. The number of rotatable bonds is 1. The van der Waals surface area contributed by atoms with E-state index in [1.54, 1.807) is 0 Å². The molecular weight excluding hydrogens is 190 g/mol. The SMILES string of the molecule is Cn1nc(CN)c2c1CC(C)(C)CC2O. The third-order valence-corrected chi connectivity index (χ3v) is 3.20. The Kier molecular flexibility index (Phi) is 2.35. The van der Waals surface area contributed by atoms with Gasteiger partial charge in [-0.3, -0.25) is 4.68 Å². The van der Waals surface area contributed by atoms with Crippen molar-refractivity contribution in [1.82, 2.24) is 9.78 Å². The van der Waals surface area contributed by atoms with Gasteiger partial charge in [0.05, 0.1) is 11.8 Å². The highest BCUT2D eigenvalue weighted by Gasteiger charge is 2.35. The molecule has 0 aromatic carbocycles. The van der Waals surface area contributed by atoms with Gasteiger partial charge in [0.2, 0.25) is 0 Å². The van der Waals surface area contributed by atoms with Crippen LogP contribution >= 0.6 is 0 Å². The molecule has 0 amide bonds. The van der Waals surface area contributed by atoms with Crippen molar-refractivity contribution in [2.45, 2.75) is 39.3 Å². The largest absolute Gasteiger partial charge is 0.388 e. The highest BCUT2D eigenvalue weighted by atomic mass is 16.3. The van der Waals surface area contributed by atoms with E-state index >= 15 is 0 Å². The second-order valence-corrected chi connectivity index (χ2v) is 5.20. The van der Waals surface area contributed by atoms with Crippen molar-refractivity contribution in [3.8, 4) is 0 Å². The van der Waals surface area contributed by atoms with Crippen molar-refractivity contribution in [3.63, 3.8) is 0 Å². The Hall–Kier alpha value is -0.870. The molecule has 1 aromatic rings. The molecule has 4 nitrogen and oxygen atoms in total. The minimum Gasteiger partial charge on any atom is -0.388 e. The molecule has 0 fully saturated rings. The number of aliphatic hydroxyl groups is 1. The summed E-state index contributed by atoms with van der Waals surface area (Å²) in [5, 5.41) is 14.5. The van der Waals surface area contributed by atoms with E-state index < -0.39 is 6.10 Å². The number of hydrogen-bond donors (Lipinski definition) is 2. The first-order valence-corrected chi connectivity index (χ1v) is 5.37. The zero-order chi connectivity index (χ0) is 11.2. The van der Waals surface area contributed by atoms with Crippen molar-refractivity contribution in [1.29, 1.82) is 0 Å². The molecule has 84 valence electrons. The maximum absolute atomic E-state index is 10.1. The van der Waals surface area contributed by atoms with Crippen molar-refractivity contribution >= 4 is 0 Å². The summed E-state index contributed by atoms with van der Waals surface area (Å²) in [6.07, 6.45) is 1.35. The summed E-state index contributed by atoms with van der Waals surface area (Å²) in [6.45, 7) is 4.75. The first-order valence-electron chi connectivity index (χ1n) is 5.37. The van der Waals surface area contributed by atoms with Gasteiger partial charge in [-0.25, -0.2) is 0 Å². The van der Waals surface area contributed by atoms with Gasteiger partial charge < -0.3 is 10.8 Å². The molecule has 0 aliphatic heterocycles. The molecule has 0 saturated carbocycles. The lowest BCUT2D eigenvalue weighted by Crippen LogP contribution is -2.27. The van der Waals surface area contributed by atoms with Crippen molar-refractivity contribution < 1.29 is 5.11 Å². The van der Waals surface area contributed by atoms with Crippen LogP contribution in [0.5, 0.6) is 0 Å². The molecule has 0 bridgehead atoms. The van der Waals surface area contributed by atoms with Gasteiger partial charge in [-0.05, 0) is 18.3 Å². The van der Waals surface area contributed by atoms with E-state index in [2.05, 4.69) is 18.9 Å². The molecule has 1 heterocycles. The third-order valence-electron chi connectivity index (χ3n) is 3.20. The summed E-state index contributed by atoms with van der Waals surface area (Å²) in [5.74, 6) is 0. The third kappa shape index (κ3) is 1.68. The number of aryl methyl sites for hydroxylation is 1. The fraction of sp³-hybridized carbons (Fsp3) is 0.727. The molecule has 1 aliphatic carbocycles. The number of nitrogens with two attached hydrogens (primary N) is 1. The molecule has 1 aliphatic rings. The standard InChI is InChI=1S/C11H19N3O/c1-11(2)4-8-10(9(15)5-11)7(6-12)13-14(8)3/h9,15H,4-6,12H2,1-3H3. The molecule has 0 spiro atoms. The van der Waals surface area contributed by atoms with Crippen LogP contribution in [0.25, 0.3) is 0 Å². The van der Waals surface area contributed by atoms with Crippen molar-refractivity contribution in [3.05, 3.63) is 17.0 Å². The van der Waals surface area contributed by atoms with Crippen LogP contribution in [-0.4, -0.2) is 14.9 Å². The number of aromatic nitrogens is 2. The number of hydrogen-bond acceptors (Lipinski definition) is 3. The average Bonchev–Trinajstić information content (AvgIpc) is 2.41. The van der Waals surface area contributed by atoms with Crippen LogP contribution in [0, 0.1) is 5.41 Å². The Morgan fingerprint density at radius 1 is 1.60 bits per heavy atom. The van der Waals surface area contributed by atoms with E-state index in [-0.39, 0.29) is 5.41 Å². The van der Waals surface area contributed by atoms with Crippen LogP contribution in [0.1, 0.15) is 43.3 Å². The van der Waals surface area contributed by atoms with Gasteiger partial charge in [-0.1, -0.05) is 13.8 Å². The van der Waals surface area contributed by atoms with Crippen LogP contribution in [0.4, 0.5) is 0 Å². The van der Waals surface area contributed by atoms with Gasteiger partial charge in [0.15, 0.2) is 0 Å². The lowest BCUT2D eigenvalue weighted by molar-refractivity contribution is 0.0975. The van der Waals surface area contributed by atoms with Crippen molar-refractivity contribution in [2.75, 3.05) is 0 Å². The minimum atomic E-state index is -0.406. The normalized spacial score (nSPS) is 23.9. The Morgan fingerprint density at radius 2 is 2.27 bits per heavy atom. The lowest BCUT2D eigenvalue weighted by atomic mass is 9.75. The van der Waals surface area contributed by atoms with Gasteiger partial charge in [0.1, 0.15) is 0 Å². The smallest absolute Gasteiger partial charge is 0.0831 e. The summed E-state index contributed by atoms with van der Waals surface area (Å²) in [4.78, 5) is 0. The number of fused-ring (bicyclic) bond motifs is 1. The van der Waals surface area contributed by atoms with E-state index in [0.29, 0.717) is 6.54 Å². The predicted octanol–water partition coefficient (Wildman–Crippen LogP) is 0.885. The van der Waals surface area contributed by atoms with E-state index in [1.165, 1.54) is 0 Å². The van der Waals surface area contributed by atoms with Crippen molar-refractivity contribution in [2.24, 2.45) is 18.2 Å². The monoisotopic (exact) mass is 209 g/mol. The summed E-state index contributed by atoms with van der Waals surface area (Å²) < 4.78 is 1.86. The molecule has 0 saturated heterocycles. The van der Waals surface area contributed by atoms with E-state index in [4.69, 9.17) is 5.73 Å². The molecular formula is C11H19N3O. The van der Waals surface area contributed by atoms with Gasteiger partial charge >= 0.3 is 0 Å².